The summed E-state index contributed by atoms with van der Waals surface area (Å²) < 4.78 is 5.45. The van der Waals surface area contributed by atoms with Crippen molar-refractivity contribution in [1.82, 2.24) is 19.9 Å². The molecule has 2 bridgehead atoms. The van der Waals surface area contributed by atoms with Crippen LogP contribution in [-0.2, 0) is 6.54 Å². The van der Waals surface area contributed by atoms with Gasteiger partial charge in [-0.1, -0.05) is 19.0 Å². The Morgan fingerprint density at radius 2 is 2.00 bits per heavy atom. The van der Waals surface area contributed by atoms with Gasteiger partial charge in [0.1, 0.15) is 0 Å². The molecule has 22 heavy (non-hydrogen) atoms. The third-order valence-electron chi connectivity index (χ3n) is 5.45. The van der Waals surface area contributed by atoms with Gasteiger partial charge in [-0.3, -0.25) is 9.80 Å². The molecule has 3 saturated heterocycles. The van der Waals surface area contributed by atoms with E-state index >= 15 is 0 Å². The minimum Gasteiger partial charge on any atom is -0.338 e. The second-order valence-electron chi connectivity index (χ2n) is 7.89. The fourth-order valence-corrected chi connectivity index (χ4v) is 4.02. The summed E-state index contributed by atoms with van der Waals surface area (Å²) in [6.07, 6.45) is 5.67. The molecule has 5 heteroatoms. The summed E-state index contributed by atoms with van der Waals surface area (Å²) in [5.74, 6) is 3.79. The van der Waals surface area contributed by atoms with Gasteiger partial charge in [0.2, 0.25) is 5.89 Å². The smallest absolute Gasteiger partial charge is 0.240 e. The normalized spacial score (nSPS) is 30.1. The van der Waals surface area contributed by atoms with E-state index in [2.05, 4.69) is 33.8 Å². The largest absolute Gasteiger partial charge is 0.338 e. The molecule has 1 saturated carbocycles. The van der Waals surface area contributed by atoms with Crippen molar-refractivity contribution in [3.8, 4) is 0 Å². The van der Waals surface area contributed by atoms with Gasteiger partial charge in [-0.05, 0) is 37.5 Å². The van der Waals surface area contributed by atoms with Crippen molar-refractivity contribution in [3.05, 3.63) is 11.7 Å². The predicted octanol–water partition coefficient (Wildman–Crippen LogP) is 2.50. The number of hydrogen-bond acceptors (Lipinski definition) is 5. The highest BCUT2D eigenvalue weighted by Crippen LogP contribution is 2.35. The van der Waals surface area contributed by atoms with Crippen molar-refractivity contribution in [2.24, 2.45) is 11.8 Å². The van der Waals surface area contributed by atoms with E-state index in [0.717, 1.165) is 36.1 Å². The van der Waals surface area contributed by atoms with Crippen LogP contribution in [0.1, 0.15) is 57.2 Å². The minimum absolute atomic E-state index is 0.340. The van der Waals surface area contributed by atoms with E-state index in [1.54, 1.807) is 0 Å². The van der Waals surface area contributed by atoms with Gasteiger partial charge in [-0.2, -0.15) is 4.98 Å². The first kappa shape index (κ1) is 14.6. The fraction of sp³-hybridized carbons (Fsp3) is 0.882. The molecule has 122 valence electrons. The summed E-state index contributed by atoms with van der Waals surface area (Å²) >= 11 is 0. The molecule has 0 unspecified atom stereocenters. The van der Waals surface area contributed by atoms with Crippen molar-refractivity contribution >= 4 is 0 Å². The van der Waals surface area contributed by atoms with Crippen molar-refractivity contribution < 1.29 is 4.52 Å². The van der Waals surface area contributed by atoms with Crippen LogP contribution in [0.3, 0.4) is 0 Å². The van der Waals surface area contributed by atoms with E-state index in [1.807, 2.05) is 0 Å². The molecule has 2 atom stereocenters. The molecule has 1 aliphatic carbocycles. The molecule has 5 nitrogen and oxygen atoms in total. The van der Waals surface area contributed by atoms with Crippen LogP contribution < -0.4 is 0 Å². The van der Waals surface area contributed by atoms with Crippen LogP contribution in [-0.4, -0.2) is 52.2 Å². The molecular formula is C17H28N4O. The third kappa shape index (κ3) is 3.20. The molecule has 0 amide bonds. The van der Waals surface area contributed by atoms with Crippen LogP contribution in [0.15, 0.2) is 4.52 Å². The molecular weight excluding hydrogens is 276 g/mol. The number of hydrogen-bond donors (Lipinski definition) is 0. The van der Waals surface area contributed by atoms with Gasteiger partial charge in [0.25, 0.3) is 0 Å². The van der Waals surface area contributed by atoms with Gasteiger partial charge in [-0.15, -0.1) is 0 Å². The molecule has 0 spiro atoms. The van der Waals surface area contributed by atoms with Gasteiger partial charge in [0.15, 0.2) is 5.82 Å². The van der Waals surface area contributed by atoms with Gasteiger partial charge >= 0.3 is 0 Å². The zero-order valence-electron chi connectivity index (χ0n) is 13.9. The van der Waals surface area contributed by atoms with Crippen molar-refractivity contribution in [3.63, 3.8) is 0 Å². The molecule has 0 radical (unpaired) electrons. The predicted molar refractivity (Wildman–Crippen MR) is 84.5 cm³/mol. The molecule has 4 aliphatic rings. The monoisotopic (exact) mass is 304 g/mol. The Hall–Kier alpha value is -0.940. The number of aromatic nitrogens is 2. The quantitative estimate of drug-likeness (QED) is 0.836. The van der Waals surface area contributed by atoms with Gasteiger partial charge in [0.05, 0.1) is 6.54 Å². The SMILES string of the molecule is CC(C)c1noc(CN2C[C@H]3CC[C@@H](C2)N(CC2CC2)C3)n1. The standard InChI is InChI=1S/C17H28N4O/c1-12(2)17-18-16(22-19-17)11-20-7-14-5-6-15(10-20)21(9-14)8-13-3-4-13/h12-15H,3-11H2,1-2H3/t14-,15+/m1/s1. The maximum absolute atomic E-state index is 5.45. The highest BCUT2D eigenvalue weighted by Gasteiger charge is 2.37. The van der Waals surface area contributed by atoms with E-state index in [0.29, 0.717) is 5.92 Å². The maximum atomic E-state index is 5.45. The van der Waals surface area contributed by atoms with Gasteiger partial charge in [-0.25, -0.2) is 0 Å². The minimum atomic E-state index is 0.340. The lowest BCUT2D eigenvalue weighted by Gasteiger charge is -2.36. The molecule has 1 aromatic rings. The second-order valence-corrected chi connectivity index (χ2v) is 7.89. The summed E-state index contributed by atoms with van der Waals surface area (Å²) in [4.78, 5) is 9.87. The van der Waals surface area contributed by atoms with Gasteiger partial charge < -0.3 is 4.52 Å². The number of fused-ring (bicyclic) bond motifs is 4. The van der Waals surface area contributed by atoms with Crippen molar-refractivity contribution in [2.45, 2.75) is 58.0 Å². The van der Waals surface area contributed by atoms with E-state index in [4.69, 9.17) is 4.52 Å². The number of rotatable bonds is 5. The van der Waals surface area contributed by atoms with Crippen LogP contribution >= 0.6 is 0 Å². The maximum Gasteiger partial charge on any atom is 0.240 e. The molecule has 3 aliphatic heterocycles. The lowest BCUT2D eigenvalue weighted by molar-refractivity contribution is 0.124. The fourth-order valence-electron chi connectivity index (χ4n) is 4.02. The molecule has 0 aromatic carbocycles. The van der Waals surface area contributed by atoms with Crippen LogP contribution in [0.4, 0.5) is 0 Å². The summed E-state index contributed by atoms with van der Waals surface area (Å²) in [6, 6.07) is 0.742. The Morgan fingerprint density at radius 1 is 1.14 bits per heavy atom. The van der Waals surface area contributed by atoms with E-state index < -0.39 is 0 Å². The highest BCUT2D eigenvalue weighted by molar-refractivity contribution is 4.95. The third-order valence-corrected chi connectivity index (χ3v) is 5.45. The Bertz CT molecular complexity index is 511. The Morgan fingerprint density at radius 3 is 2.73 bits per heavy atom. The van der Waals surface area contributed by atoms with Crippen molar-refractivity contribution in [2.75, 3.05) is 26.2 Å². The molecule has 1 aromatic heterocycles. The molecule has 4 heterocycles. The first-order valence-corrected chi connectivity index (χ1v) is 8.96. The molecule has 5 rings (SSSR count). The van der Waals surface area contributed by atoms with E-state index in [-0.39, 0.29) is 0 Å². The van der Waals surface area contributed by atoms with E-state index in [9.17, 15) is 0 Å². The zero-order chi connectivity index (χ0) is 15.1. The average molecular weight is 304 g/mol. The summed E-state index contributed by atoms with van der Waals surface area (Å²) in [6.45, 7) is 10.0. The molecule has 0 N–H and O–H groups in total. The number of nitrogens with zero attached hydrogens (tertiary/aromatic N) is 4. The van der Waals surface area contributed by atoms with E-state index in [1.165, 1.54) is 51.9 Å². The van der Waals surface area contributed by atoms with Crippen LogP contribution in [0.25, 0.3) is 0 Å². The highest BCUT2D eigenvalue weighted by atomic mass is 16.5. The summed E-state index contributed by atoms with van der Waals surface area (Å²) in [5, 5.41) is 4.10. The first-order valence-electron chi connectivity index (χ1n) is 8.96. The average Bonchev–Trinajstić information content (AvgIpc) is 3.23. The molecule has 4 fully saturated rings. The van der Waals surface area contributed by atoms with Crippen LogP contribution in [0, 0.1) is 11.8 Å². The van der Waals surface area contributed by atoms with Crippen molar-refractivity contribution in [1.29, 1.82) is 0 Å². The Kier molecular flexibility index (Phi) is 3.95. The van der Waals surface area contributed by atoms with Gasteiger partial charge in [0, 0.05) is 38.1 Å². The topological polar surface area (TPSA) is 45.4 Å². The summed E-state index contributed by atoms with van der Waals surface area (Å²) in [7, 11) is 0. The lowest BCUT2D eigenvalue weighted by Crippen LogP contribution is -2.44. The first-order chi connectivity index (χ1) is 10.7. The second kappa shape index (κ2) is 5.93. The lowest BCUT2D eigenvalue weighted by atomic mass is 9.95. The van der Waals surface area contributed by atoms with Crippen LogP contribution in [0.2, 0.25) is 0 Å². The Balaban J connectivity index is 1.40. The summed E-state index contributed by atoms with van der Waals surface area (Å²) in [5.41, 5.74) is 0. The Labute approximate surface area is 133 Å². The zero-order valence-corrected chi connectivity index (χ0v) is 13.9. The van der Waals surface area contributed by atoms with Crippen LogP contribution in [0.5, 0.6) is 0 Å². The number of piperidine rings is 1.